The fraction of sp³-hybridized carbons (Fsp3) is 0.533. The number of aryl methyl sites for hydroxylation is 2. The molecule has 1 unspecified atom stereocenters. The highest BCUT2D eigenvalue weighted by atomic mass is 127. The zero-order valence-corrected chi connectivity index (χ0v) is 14.5. The Morgan fingerprint density at radius 2 is 2.33 bits per heavy atom. The van der Waals surface area contributed by atoms with E-state index in [2.05, 4.69) is 9.55 Å². The summed E-state index contributed by atoms with van der Waals surface area (Å²) in [6.45, 7) is 1.66. The van der Waals surface area contributed by atoms with Gasteiger partial charge in [-0.05, 0) is 47.9 Å². The quantitative estimate of drug-likeness (QED) is 0.535. The Labute approximate surface area is 142 Å². The molecule has 0 spiro atoms. The van der Waals surface area contributed by atoms with Gasteiger partial charge < -0.3 is 9.30 Å². The number of rotatable bonds is 5. The zero-order valence-electron chi connectivity index (χ0n) is 11.6. The fourth-order valence-electron chi connectivity index (χ4n) is 2.84. The minimum absolute atomic E-state index is 0.196. The van der Waals surface area contributed by atoms with Gasteiger partial charge >= 0.3 is 0 Å². The number of benzene rings is 1. The Bertz CT molecular complexity index is 640. The van der Waals surface area contributed by atoms with Crippen LogP contribution < -0.4 is 0 Å². The molecular weight excluding hydrogens is 406 g/mol. The zero-order chi connectivity index (χ0) is 14.8. The second kappa shape index (κ2) is 6.79. The van der Waals surface area contributed by atoms with E-state index in [1.54, 1.807) is 12.1 Å². The van der Waals surface area contributed by atoms with Crippen LogP contribution >= 0.6 is 34.2 Å². The highest BCUT2D eigenvalue weighted by molar-refractivity contribution is 14.1. The lowest BCUT2D eigenvalue weighted by Crippen LogP contribution is -2.12. The van der Waals surface area contributed by atoms with E-state index in [4.69, 9.17) is 16.3 Å². The minimum atomic E-state index is -0.196. The molecule has 0 aliphatic carbocycles. The summed E-state index contributed by atoms with van der Waals surface area (Å²) in [5.74, 6) is 1.25. The monoisotopic (exact) mass is 422 g/mol. The summed E-state index contributed by atoms with van der Waals surface area (Å²) in [5, 5.41) is 0. The van der Waals surface area contributed by atoms with Crippen molar-refractivity contribution in [3.63, 3.8) is 0 Å². The first-order valence-electron chi connectivity index (χ1n) is 7.21. The van der Waals surface area contributed by atoms with E-state index in [-0.39, 0.29) is 5.82 Å². The van der Waals surface area contributed by atoms with Gasteiger partial charge in [0.15, 0.2) is 0 Å². The Morgan fingerprint density at radius 1 is 1.48 bits per heavy atom. The van der Waals surface area contributed by atoms with Gasteiger partial charge in [0.2, 0.25) is 0 Å². The van der Waals surface area contributed by atoms with E-state index in [1.807, 2.05) is 22.6 Å². The average Bonchev–Trinajstić information content (AvgIpc) is 3.06. The summed E-state index contributed by atoms with van der Waals surface area (Å²) in [4.78, 5) is 4.62. The molecule has 0 radical (unpaired) electrons. The van der Waals surface area contributed by atoms with Gasteiger partial charge in [-0.2, -0.15) is 0 Å². The number of alkyl halides is 1. The molecule has 0 bridgehead atoms. The van der Waals surface area contributed by atoms with Gasteiger partial charge in [-0.15, -0.1) is 11.6 Å². The molecule has 0 amide bonds. The third kappa shape index (κ3) is 3.35. The Kier molecular flexibility index (Phi) is 5.01. The lowest BCUT2D eigenvalue weighted by atomic mass is 10.2. The minimum Gasteiger partial charge on any atom is -0.378 e. The standard InChI is InChI=1S/C15H17ClFIN2O/c16-5-3-15-19-13-9-12(18)11(17)8-14(13)20(15)6-4-10-2-1-7-21-10/h8-10H,1-7H2. The average molecular weight is 423 g/mol. The first kappa shape index (κ1) is 15.5. The molecule has 1 saturated heterocycles. The molecular formula is C15H17ClFIN2O. The van der Waals surface area contributed by atoms with Crippen LogP contribution in [0.15, 0.2) is 12.1 Å². The number of aromatic nitrogens is 2. The van der Waals surface area contributed by atoms with E-state index in [1.165, 1.54) is 0 Å². The number of ether oxygens (including phenoxy) is 1. The second-order valence-electron chi connectivity index (χ2n) is 5.30. The molecule has 2 aromatic rings. The van der Waals surface area contributed by atoms with Gasteiger partial charge in [-0.1, -0.05) is 0 Å². The van der Waals surface area contributed by atoms with Crippen molar-refractivity contribution < 1.29 is 9.13 Å². The molecule has 6 heteroatoms. The summed E-state index contributed by atoms with van der Waals surface area (Å²) in [7, 11) is 0. The summed E-state index contributed by atoms with van der Waals surface area (Å²) >= 11 is 7.87. The van der Waals surface area contributed by atoms with Gasteiger partial charge in [-0.25, -0.2) is 9.37 Å². The van der Waals surface area contributed by atoms with Crippen molar-refractivity contribution in [2.24, 2.45) is 0 Å². The third-order valence-electron chi connectivity index (χ3n) is 3.89. The van der Waals surface area contributed by atoms with Crippen LogP contribution in [0.25, 0.3) is 11.0 Å². The summed E-state index contributed by atoms with van der Waals surface area (Å²) < 4.78 is 22.2. The largest absolute Gasteiger partial charge is 0.378 e. The van der Waals surface area contributed by atoms with Crippen molar-refractivity contribution in [2.45, 2.75) is 38.3 Å². The van der Waals surface area contributed by atoms with E-state index in [9.17, 15) is 4.39 Å². The number of hydrogen-bond acceptors (Lipinski definition) is 2. The van der Waals surface area contributed by atoms with Gasteiger partial charge in [0.05, 0.1) is 20.7 Å². The molecule has 0 saturated carbocycles. The van der Waals surface area contributed by atoms with Gasteiger partial charge in [0.1, 0.15) is 11.6 Å². The lowest BCUT2D eigenvalue weighted by Gasteiger charge is -2.12. The van der Waals surface area contributed by atoms with Crippen LogP contribution in [0, 0.1) is 9.39 Å². The van der Waals surface area contributed by atoms with E-state index in [0.29, 0.717) is 22.0 Å². The first-order valence-corrected chi connectivity index (χ1v) is 8.82. The first-order chi connectivity index (χ1) is 10.2. The van der Waals surface area contributed by atoms with Crippen molar-refractivity contribution in [1.29, 1.82) is 0 Å². The molecule has 21 heavy (non-hydrogen) atoms. The molecule has 3 rings (SSSR count). The number of fused-ring (bicyclic) bond motifs is 1. The topological polar surface area (TPSA) is 27.1 Å². The van der Waals surface area contributed by atoms with Crippen molar-refractivity contribution in [2.75, 3.05) is 12.5 Å². The normalized spacial score (nSPS) is 18.7. The molecule has 2 heterocycles. The maximum absolute atomic E-state index is 13.9. The van der Waals surface area contributed by atoms with Crippen LogP contribution in [0.5, 0.6) is 0 Å². The lowest BCUT2D eigenvalue weighted by molar-refractivity contribution is 0.100. The van der Waals surface area contributed by atoms with Crippen LogP contribution in [0.3, 0.4) is 0 Å². The van der Waals surface area contributed by atoms with E-state index in [0.717, 1.165) is 49.3 Å². The molecule has 1 aliphatic rings. The van der Waals surface area contributed by atoms with Crippen molar-refractivity contribution in [3.05, 3.63) is 27.3 Å². The van der Waals surface area contributed by atoms with Crippen molar-refractivity contribution >= 4 is 45.2 Å². The van der Waals surface area contributed by atoms with Crippen molar-refractivity contribution in [3.8, 4) is 0 Å². The predicted molar refractivity (Wildman–Crippen MR) is 90.4 cm³/mol. The maximum atomic E-state index is 13.9. The van der Waals surface area contributed by atoms with Crippen molar-refractivity contribution in [1.82, 2.24) is 9.55 Å². The molecule has 1 atom stereocenters. The van der Waals surface area contributed by atoms with E-state index < -0.39 is 0 Å². The Morgan fingerprint density at radius 3 is 3.05 bits per heavy atom. The molecule has 1 aliphatic heterocycles. The summed E-state index contributed by atoms with van der Waals surface area (Å²) in [6.07, 6.45) is 4.20. The number of halogens is 3. The third-order valence-corrected chi connectivity index (χ3v) is 4.90. The summed E-state index contributed by atoms with van der Waals surface area (Å²) in [5.41, 5.74) is 1.69. The molecule has 0 N–H and O–H groups in total. The van der Waals surface area contributed by atoms with Crippen LogP contribution in [0.4, 0.5) is 4.39 Å². The van der Waals surface area contributed by atoms with Crippen LogP contribution in [-0.2, 0) is 17.7 Å². The van der Waals surface area contributed by atoms with E-state index >= 15 is 0 Å². The Hall–Kier alpha value is -0.400. The van der Waals surface area contributed by atoms with Gasteiger partial charge in [0.25, 0.3) is 0 Å². The number of imidazole rings is 1. The maximum Gasteiger partial charge on any atom is 0.138 e. The van der Waals surface area contributed by atoms with Gasteiger partial charge in [-0.3, -0.25) is 0 Å². The van der Waals surface area contributed by atoms with Gasteiger partial charge in [0, 0.05) is 31.5 Å². The van der Waals surface area contributed by atoms with Crippen LogP contribution in [-0.4, -0.2) is 28.1 Å². The highest BCUT2D eigenvalue weighted by Gasteiger charge is 2.18. The molecule has 114 valence electrons. The number of hydrogen-bond donors (Lipinski definition) is 0. The predicted octanol–water partition coefficient (Wildman–Crippen LogP) is 4.13. The summed E-state index contributed by atoms with van der Waals surface area (Å²) in [6, 6.07) is 3.38. The second-order valence-corrected chi connectivity index (χ2v) is 6.84. The molecule has 1 aromatic heterocycles. The Balaban J connectivity index is 1.92. The molecule has 1 fully saturated rings. The smallest absolute Gasteiger partial charge is 0.138 e. The van der Waals surface area contributed by atoms with Crippen LogP contribution in [0.2, 0.25) is 0 Å². The SMILES string of the molecule is Fc1cc2c(cc1I)nc(CCCl)n2CCC1CCCO1. The molecule has 3 nitrogen and oxygen atoms in total. The number of nitrogens with zero attached hydrogens (tertiary/aromatic N) is 2. The highest BCUT2D eigenvalue weighted by Crippen LogP contribution is 2.24. The van der Waals surface area contributed by atoms with Crippen LogP contribution in [0.1, 0.15) is 25.1 Å². The fourth-order valence-corrected chi connectivity index (χ4v) is 3.46. The molecule has 1 aromatic carbocycles.